The summed E-state index contributed by atoms with van der Waals surface area (Å²) in [6.45, 7) is 5.98. The predicted octanol–water partition coefficient (Wildman–Crippen LogP) is 4.80. The fourth-order valence-electron chi connectivity index (χ4n) is 4.41. The fraction of sp³-hybridized carbons (Fsp3) is 0.478. The Morgan fingerprint density at radius 2 is 1.79 bits per heavy atom. The molecule has 4 nitrogen and oxygen atoms in total. The number of carbonyl (C=O) groups excluding carboxylic acids is 2. The second kappa shape index (κ2) is 8.08. The van der Waals surface area contributed by atoms with Crippen molar-refractivity contribution in [1.82, 2.24) is 4.90 Å². The number of carbonyl (C=O) groups is 2. The molecule has 0 saturated carbocycles. The van der Waals surface area contributed by atoms with E-state index in [9.17, 15) is 9.59 Å². The minimum Gasteiger partial charge on any atom is -0.342 e. The fourth-order valence-corrected chi connectivity index (χ4v) is 5.29. The summed E-state index contributed by atoms with van der Waals surface area (Å²) in [7, 11) is 0. The molecule has 0 radical (unpaired) electrons. The number of amides is 2. The first kappa shape index (κ1) is 19.2. The zero-order valence-electron chi connectivity index (χ0n) is 16.6. The second-order valence-electron chi connectivity index (χ2n) is 8.21. The van der Waals surface area contributed by atoms with Gasteiger partial charge in [0.1, 0.15) is 0 Å². The Hall–Kier alpha value is -2.14. The molecular weight excluding hydrogens is 368 g/mol. The average molecular weight is 397 g/mol. The number of thiophene rings is 1. The molecule has 2 saturated heterocycles. The Balaban J connectivity index is 1.68. The van der Waals surface area contributed by atoms with Crippen molar-refractivity contribution in [2.45, 2.75) is 45.6 Å². The number of hydrogen-bond acceptors (Lipinski definition) is 3. The van der Waals surface area contributed by atoms with Gasteiger partial charge in [0.05, 0.1) is 12.0 Å². The topological polar surface area (TPSA) is 40.6 Å². The van der Waals surface area contributed by atoms with Crippen molar-refractivity contribution in [3.8, 4) is 0 Å². The van der Waals surface area contributed by atoms with Gasteiger partial charge in [-0.25, -0.2) is 0 Å². The summed E-state index contributed by atoms with van der Waals surface area (Å²) in [5.41, 5.74) is 2.05. The first-order valence-electron chi connectivity index (χ1n) is 10.3. The van der Waals surface area contributed by atoms with Gasteiger partial charge in [-0.2, -0.15) is 0 Å². The molecule has 5 heteroatoms. The maximum Gasteiger partial charge on any atom is 0.228 e. The molecule has 1 aromatic heterocycles. The Labute approximate surface area is 171 Å². The molecule has 28 heavy (non-hydrogen) atoms. The number of hydrogen-bond donors (Lipinski definition) is 0. The predicted molar refractivity (Wildman–Crippen MR) is 113 cm³/mol. The van der Waals surface area contributed by atoms with Crippen LogP contribution < -0.4 is 4.90 Å². The lowest BCUT2D eigenvalue weighted by atomic mass is 9.85. The summed E-state index contributed by atoms with van der Waals surface area (Å²) in [6, 6.07) is 11.9. The number of benzene rings is 1. The van der Waals surface area contributed by atoms with E-state index >= 15 is 0 Å². The van der Waals surface area contributed by atoms with Crippen LogP contribution in [0.5, 0.6) is 0 Å². The van der Waals surface area contributed by atoms with E-state index in [0.717, 1.165) is 42.1 Å². The van der Waals surface area contributed by atoms with E-state index in [2.05, 4.69) is 13.0 Å². The molecular formula is C23H28N2O2S. The van der Waals surface area contributed by atoms with Gasteiger partial charge in [0.15, 0.2) is 0 Å². The van der Waals surface area contributed by atoms with Crippen LogP contribution >= 0.6 is 11.3 Å². The van der Waals surface area contributed by atoms with Crippen LogP contribution in [0, 0.1) is 18.8 Å². The largest absolute Gasteiger partial charge is 0.342 e. The zero-order chi connectivity index (χ0) is 19.7. The highest BCUT2D eigenvalue weighted by molar-refractivity contribution is 7.10. The summed E-state index contributed by atoms with van der Waals surface area (Å²) < 4.78 is 0. The molecule has 3 heterocycles. The first-order chi connectivity index (χ1) is 13.5. The van der Waals surface area contributed by atoms with Crippen LogP contribution in [-0.2, 0) is 9.59 Å². The lowest BCUT2D eigenvalue weighted by molar-refractivity contribution is -0.139. The van der Waals surface area contributed by atoms with Crippen LogP contribution in [0.15, 0.2) is 41.8 Å². The van der Waals surface area contributed by atoms with Gasteiger partial charge in [0, 0.05) is 30.1 Å². The van der Waals surface area contributed by atoms with Crippen molar-refractivity contribution >= 4 is 28.8 Å². The van der Waals surface area contributed by atoms with Crippen LogP contribution in [-0.4, -0.2) is 29.8 Å². The third kappa shape index (κ3) is 3.72. The Kier molecular flexibility index (Phi) is 5.54. The normalized spacial score (nSPS) is 23.9. The molecule has 2 aliphatic heterocycles. The molecule has 0 N–H and O–H groups in total. The lowest BCUT2D eigenvalue weighted by Gasteiger charge is -2.42. The number of piperidine rings is 2. The van der Waals surface area contributed by atoms with E-state index in [4.69, 9.17) is 0 Å². The van der Waals surface area contributed by atoms with Gasteiger partial charge in [-0.15, -0.1) is 11.3 Å². The van der Waals surface area contributed by atoms with E-state index in [-0.39, 0.29) is 23.8 Å². The molecule has 4 rings (SSSR count). The summed E-state index contributed by atoms with van der Waals surface area (Å²) in [6.07, 6.45) is 3.20. The van der Waals surface area contributed by atoms with E-state index < -0.39 is 0 Å². The molecule has 0 spiro atoms. The van der Waals surface area contributed by atoms with Gasteiger partial charge in [-0.3, -0.25) is 9.59 Å². The van der Waals surface area contributed by atoms with Gasteiger partial charge < -0.3 is 9.80 Å². The summed E-state index contributed by atoms with van der Waals surface area (Å²) in [5, 5.41) is 2.03. The maximum absolute atomic E-state index is 13.5. The number of rotatable bonds is 3. The molecule has 2 amide bonds. The van der Waals surface area contributed by atoms with Gasteiger partial charge in [-0.05, 0) is 55.7 Å². The van der Waals surface area contributed by atoms with Crippen molar-refractivity contribution in [3.05, 3.63) is 52.2 Å². The standard InChI is InChI=1S/C23H28N2O2S/c1-16-5-7-18(8-6-16)25-21(26)10-9-19(22(25)20-4-3-15-28-20)23(27)24-13-11-17(2)12-14-24/h3-8,15,17,19,22H,9-14H2,1-2H3. The van der Waals surface area contributed by atoms with E-state index in [1.165, 1.54) is 0 Å². The zero-order valence-corrected chi connectivity index (χ0v) is 17.5. The highest BCUT2D eigenvalue weighted by Crippen LogP contribution is 2.42. The van der Waals surface area contributed by atoms with Crippen molar-refractivity contribution < 1.29 is 9.59 Å². The molecule has 1 aromatic carbocycles. The Morgan fingerprint density at radius 3 is 2.43 bits per heavy atom. The third-order valence-electron chi connectivity index (χ3n) is 6.16. The van der Waals surface area contributed by atoms with Gasteiger partial charge in [0.25, 0.3) is 0 Å². The van der Waals surface area contributed by atoms with E-state index in [1.54, 1.807) is 11.3 Å². The first-order valence-corrected chi connectivity index (χ1v) is 11.1. The Bertz CT molecular complexity index is 823. The molecule has 148 valence electrons. The Morgan fingerprint density at radius 1 is 1.07 bits per heavy atom. The summed E-state index contributed by atoms with van der Waals surface area (Å²) >= 11 is 1.64. The highest BCUT2D eigenvalue weighted by atomic mass is 32.1. The molecule has 2 unspecified atom stereocenters. The van der Waals surface area contributed by atoms with Crippen LogP contribution in [0.3, 0.4) is 0 Å². The lowest BCUT2D eigenvalue weighted by Crippen LogP contribution is -2.50. The smallest absolute Gasteiger partial charge is 0.228 e. The number of aryl methyl sites for hydroxylation is 1. The minimum absolute atomic E-state index is 0.110. The van der Waals surface area contributed by atoms with Crippen LogP contribution in [0.2, 0.25) is 0 Å². The average Bonchev–Trinajstić information content (AvgIpc) is 3.23. The number of likely N-dealkylation sites (tertiary alicyclic amines) is 1. The highest BCUT2D eigenvalue weighted by Gasteiger charge is 2.43. The summed E-state index contributed by atoms with van der Waals surface area (Å²) in [5.74, 6) is 0.841. The van der Waals surface area contributed by atoms with Crippen molar-refractivity contribution in [2.75, 3.05) is 18.0 Å². The SMILES string of the molecule is Cc1ccc(N2C(=O)CCC(C(=O)N3CCC(C)CC3)C2c2cccs2)cc1. The third-order valence-corrected chi connectivity index (χ3v) is 7.10. The number of nitrogens with zero attached hydrogens (tertiary/aromatic N) is 2. The molecule has 2 aliphatic rings. The van der Waals surface area contributed by atoms with Crippen LogP contribution in [0.1, 0.15) is 49.1 Å². The van der Waals surface area contributed by atoms with Crippen molar-refractivity contribution in [2.24, 2.45) is 11.8 Å². The van der Waals surface area contributed by atoms with Gasteiger partial charge >= 0.3 is 0 Å². The number of anilines is 1. The monoisotopic (exact) mass is 396 g/mol. The molecule has 2 aromatic rings. The molecule has 0 aliphatic carbocycles. The van der Waals surface area contributed by atoms with E-state index in [1.807, 2.05) is 52.4 Å². The van der Waals surface area contributed by atoms with Gasteiger partial charge in [-0.1, -0.05) is 30.7 Å². The van der Waals surface area contributed by atoms with Crippen LogP contribution in [0.25, 0.3) is 0 Å². The van der Waals surface area contributed by atoms with Crippen molar-refractivity contribution in [3.63, 3.8) is 0 Å². The summed E-state index contributed by atoms with van der Waals surface area (Å²) in [4.78, 5) is 31.5. The minimum atomic E-state index is -0.212. The second-order valence-corrected chi connectivity index (χ2v) is 9.19. The van der Waals surface area contributed by atoms with Gasteiger partial charge in [0.2, 0.25) is 11.8 Å². The van der Waals surface area contributed by atoms with Crippen molar-refractivity contribution in [1.29, 1.82) is 0 Å². The molecule has 2 atom stereocenters. The maximum atomic E-state index is 13.5. The molecule has 0 bridgehead atoms. The quantitative estimate of drug-likeness (QED) is 0.748. The van der Waals surface area contributed by atoms with E-state index in [0.29, 0.717) is 18.8 Å². The van der Waals surface area contributed by atoms with Crippen LogP contribution in [0.4, 0.5) is 5.69 Å². The molecule has 2 fully saturated rings.